The SMILES string of the molecule is CC(Oc1ccc(F)cc1)c1nnc(SCC(=O)Nc2ccc(Cl)cc2Cl)n1-c1ccccc1. The molecule has 1 atom stereocenters. The third-order valence-electron chi connectivity index (χ3n) is 4.70. The summed E-state index contributed by atoms with van der Waals surface area (Å²) in [5, 5.41) is 12.7. The predicted molar refractivity (Wildman–Crippen MR) is 133 cm³/mol. The number of aromatic nitrogens is 3. The van der Waals surface area contributed by atoms with Crippen LogP contribution in [0.15, 0.2) is 78.0 Å². The number of anilines is 1. The summed E-state index contributed by atoms with van der Waals surface area (Å²) < 4.78 is 21.0. The Labute approximate surface area is 210 Å². The van der Waals surface area contributed by atoms with E-state index in [0.29, 0.717) is 32.5 Å². The van der Waals surface area contributed by atoms with Crippen LogP contribution in [0.1, 0.15) is 18.9 Å². The Bertz CT molecular complexity index is 1290. The second-order valence-corrected chi connectivity index (χ2v) is 8.97. The highest BCUT2D eigenvalue weighted by Gasteiger charge is 2.22. The first kappa shape index (κ1) is 24.1. The lowest BCUT2D eigenvalue weighted by atomic mass is 10.3. The number of rotatable bonds is 8. The van der Waals surface area contributed by atoms with Crippen LogP contribution >= 0.6 is 35.0 Å². The number of ether oxygens (including phenoxy) is 1. The van der Waals surface area contributed by atoms with Crippen LogP contribution < -0.4 is 10.1 Å². The molecule has 1 heterocycles. The summed E-state index contributed by atoms with van der Waals surface area (Å²) in [7, 11) is 0. The molecule has 10 heteroatoms. The third-order valence-corrected chi connectivity index (χ3v) is 6.18. The first-order chi connectivity index (χ1) is 16.4. The van der Waals surface area contributed by atoms with Gasteiger partial charge in [-0.1, -0.05) is 53.2 Å². The smallest absolute Gasteiger partial charge is 0.234 e. The lowest BCUT2D eigenvalue weighted by Crippen LogP contribution is -2.15. The molecule has 174 valence electrons. The van der Waals surface area contributed by atoms with Crippen LogP contribution in [0.5, 0.6) is 5.75 Å². The van der Waals surface area contributed by atoms with Gasteiger partial charge >= 0.3 is 0 Å². The van der Waals surface area contributed by atoms with Gasteiger partial charge in [0, 0.05) is 10.7 Å². The molecule has 3 aromatic carbocycles. The van der Waals surface area contributed by atoms with Gasteiger partial charge in [-0.3, -0.25) is 9.36 Å². The number of amides is 1. The summed E-state index contributed by atoms with van der Waals surface area (Å²) in [5.41, 5.74) is 1.30. The number of para-hydroxylation sites is 1. The lowest BCUT2D eigenvalue weighted by molar-refractivity contribution is -0.113. The van der Waals surface area contributed by atoms with Crippen LogP contribution in [0.25, 0.3) is 5.69 Å². The quantitative estimate of drug-likeness (QED) is 0.267. The number of carbonyl (C=O) groups excluding carboxylic acids is 1. The van der Waals surface area contributed by atoms with Gasteiger partial charge in [-0.05, 0) is 61.5 Å². The van der Waals surface area contributed by atoms with Crippen molar-refractivity contribution in [1.82, 2.24) is 14.8 Å². The van der Waals surface area contributed by atoms with Crippen LogP contribution in [-0.4, -0.2) is 26.4 Å². The lowest BCUT2D eigenvalue weighted by Gasteiger charge is -2.16. The summed E-state index contributed by atoms with van der Waals surface area (Å²) in [6.45, 7) is 1.83. The van der Waals surface area contributed by atoms with Gasteiger partial charge in [0.1, 0.15) is 11.6 Å². The fourth-order valence-electron chi connectivity index (χ4n) is 3.13. The molecule has 1 amide bonds. The summed E-state index contributed by atoms with van der Waals surface area (Å²) in [6, 6.07) is 20.1. The maximum atomic E-state index is 13.2. The fourth-order valence-corrected chi connectivity index (χ4v) is 4.35. The van der Waals surface area contributed by atoms with E-state index in [-0.39, 0.29) is 17.5 Å². The van der Waals surface area contributed by atoms with E-state index in [1.165, 1.54) is 23.9 Å². The average molecular weight is 517 g/mol. The van der Waals surface area contributed by atoms with Gasteiger partial charge in [0.05, 0.1) is 16.5 Å². The summed E-state index contributed by atoms with van der Waals surface area (Å²) in [6.07, 6.45) is -0.491. The Morgan fingerprint density at radius 2 is 1.82 bits per heavy atom. The molecule has 0 aliphatic rings. The van der Waals surface area contributed by atoms with Gasteiger partial charge in [0.2, 0.25) is 5.91 Å². The fraction of sp³-hybridized carbons (Fsp3) is 0.125. The summed E-state index contributed by atoms with van der Waals surface area (Å²) >= 11 is 13.3. The highest BCUT2D eigenvalue weighted by Crippen LogP contribution is 2.29. The van der Waals surface area contributed by atoms with E-state index in [1.807, 2.05) is 41.8 Å². The van der Waals surface area contributed by atoms with Gasteiger partial charge in [-0.2, -0.15) is 0 Å². The maximum Gasteiger partial charge on any atom is 0.234 e. The van der Waals surface area contributed by atoms with Gasteiger partial charge in [-0.25, -0.2) is 4.39 Å². The molecule has 34 heavy (non-hydrogen) atoms. The van der Waals surface area contributed by atoms with E-state index in [1.54, 1.807) is 30.3 Å². The normalized spacial score (nSPS) is 11.8. The minimum atomic E-state index is -0.491. The number of benzene rings is 3. The standard InChI is InChI=1S/C24H19Cl2FN4O2S/c1-15(33-19-10-8-17(27)9-11-19)23-29-30-24(31(23)18-5-3-2-4-6-18)34-14-22(32)28-21-12-7-16(25)13-20(21)26/h2-13,15H,14H2,1H3,(H,28,32). The molecule has 0 saturated carbocycles. The molecule has 0 fully saturated rings. The Balaban J connectivity index is 1.53. The number of thioether (sulfide) groups is 1. The molecule has 6 nitrogen and oxygen atoms in total. The molecule has 0 bridgehead atoms. The number of carbonyl (C=O) groups is 1. The number of halogens is 3. The molecule has 1 unspecified atom stereocenters. The van der Waals surface area contributed by atoms with Crippen molar-refractivity contribution < 1.29 is 13.9 Å². The zero-order valence-electron chi connectivity index (χ0n) is 17.9. The van der Waals surface area contributed by atoms with E-state index in [0.717, 1.165) is 5.69 Å². The van der Waals surface area contributed by atoms with Crippen molar-refractivity contribution in [3.8, 4) is 11.4 Å². The van der Waals surface area contributed by atoms with Crippen molar-refractivity contribution in [2.24, 2.45) is 0 Å². The van der Waals surface area contributed by atoms with Crippen LogP contribution in [0.4, 0.5) is 10.1 Å². The van der Waals surface area contributed by atoms with E-state index in [2.05, 4.69) is 15.5 Å². The number of nitrogens with zero attached hydrogens (tertiary/aromatic N) is 3. The molecular formula is C24H19Cl2FN4O2S. The highest BCUT2D eigenvalue weighted by atomic mass is 35.5. The molecule has 0 saturated heterocycles. The Morgan fingerprint density at radius 3 is 2.53 bits per heavy atom. The minimum Gasteiger partial charge on any atom is -0.483 e. The van der Waals surface area contributed by atoms with Gasteiger partial charge in [-0.15, -0.1) is 10.2 Å². The van der Waals surface area contributed by atoms with Crippen LogP contribution in [0.2, 0.25) is 10.0 Å². The minimum absolute atomic E-state index is 0.0805. The maximum absolute atomic E-state index is 13.2. The zero-order valence-corrected chi connectivity index (χ0v) is 20.2. The largest absolute Gasteiger partial charge is 0.483 e. The van der Waals surface area contributed by atoms with Crippen molar-refractivity contribution in [1.29, 1.82) is 0 Å². The Morgan fingerprint density at radius 1 is 1.09 bits per heavy atom. The second-order valence-electron chi connectivity index (χ2n) is 7.19. The van der Waals surface area contributed by atoms with Crippen LogP contribution in [-0.2, 0) is 4.79 Å². The van der Waals surface area contributed by atoms with E-state index < -0.39 is 6.10 Å². The molecule has 4 rings (SSSR count). The van der Waals surface area contributed by atoms with Crippen molar-refractivity contribution in [2.45, 2.75) is 18.2 Å². The van der Waals surface area contributed by atoms with Crippen LogP contribution in [0.3, 0.4) is 0 Å². The van der Waals surface area contributed by atoms with Crippen molar-refractivity contribution in [2.75, 3.05) is 11.1 Å². The van der Waals surface area contributed by atoms with Gasteiger partial charge in [0.15, 0.2) is 17.1 Å². The molecular weight excluding hydrogens is 498 g/mol. The predicted octanol–water partition coefficient (Wildman–Crippen LogP) is 6.58. The summed E-state index contributed by atoms with van der Waals surface area (Å²) in [4.78, 5) is 12.5. The van der Waals surface area contributed by atoms with E-state index in [4.69, 9.17) is 27.9 Å². The van der Waals surface area contributed by atoms with Gasteiger partial charge < -0.3 is 10.1 Å². The first-order valence-electron chi connectivity index (χ1n) is 10.2. The van der Waals surface area contributed by atoms with Gasteiger partial charge in [0.25, 0.3) is 0 Å². The van der Waals surface area contributed by atoms with Crippen molar-refractivity contribution in [3.63, 3.8) is 0 Å². The molecule has 0 aliphatic heterocycles. The van der Waals surface area contributed by atoms with Crippen molar-refractivity contribution >= 4 is 46.6 Å². The monoisotopic (exact) mass is 516 g/mol. The van der Waals surface area contributed by atoms with Crippen LogP contribution in [0, 0.1) is 5.82 Å². The number of hydrogen-bond donors (Lipinski definition) is 1. The molecule has 4 aromatic rings. The van der Waals surface area contributed by atoms with Crippen molar-refractivity contribution in [3.05, 3.63) is 94.5 Å². The molecule has 1 N–H and O–H groups in total. The molecule has 0 spiro atoms. The second kappa shape index (κ2) is 10.9. The Hall–Kier alpha value is -3.07. The first-order valence-corrected chi connectivity index (χ1v) is 12.0. The molecule has 1 aromatic heterocycles. The average Bonchev–Trinajstić information content (AvgIpc) is 3.26. The molecule has 0 radical (unpaired) electrons. The zero-order chi connectivity index (χ0) is 24.1. The molecule has 0 aliphatic carbocycles. The summed E-state index contributed by atoms with van der Waals surface area (Å²) in [5.74, 6) is 0.527. The highest BCUT2D eigenvalue weighted by molar-refractivity contribution is 7.99. The number of nitrogens with one attached hydrogen (secondary N) is 1. The number of hydrogen-bond acceptors (Lipinski definition) is 5. The van der Waals surface area contributed by atoms with E-state index >= 15 is 0 Å². The third kappa shape index (κ3) is 5.88. The Kier molecular flexibility index (Phi) is 7.72. The topological polar surface area (TPSA) is 69.0 Å². The van der Waals surface area contributed by atoms with E-state index in [9.17, 15) is 9.18 Å².